The minimum absolute atomic E-state index is 0.0252. The van der Waals surface area contributed by atoms with Gasteiger partial charge in [-0.05, 0) is 78.3 Å². The molecule has 1 aliphatic heterocycles. The summed E-state index contributed by atoms with van der Waals surface area (Å²) in [5.74, 6) is -4.87. The quantitative estimate of drug-likeness (QED) is 0.270. The van der Waals surface area contributed by atoms with E-state index in [1.165, 1.54) is 5.56 Å². The van der Waals surface area contributed by atoms with Gasteiger partial charge in [-0.2, -0.15) is 0 Å². The Morgan fingerprint density at radius 2 is 1.31 bits per heavy atom. The molecule has 1 atom stereocenters. The van der Waals surface area contributed by atoms with Crippen LogP contribution in [0, 0.1) is 20.8 Å². The molecule has 0 spiro atoms. The first-order valence-corrected chi connectivity index (χ1v) is 12.2. The number of anilines is 1. The smallest absolute Gasteiger partial charge is 0.328 e. The van der Waals surface area contributed by atoms with E-state index < -0.39 is 23.9 Å². The third-order valence-corrected chi connectivity index (χ3v) is 5.38. The van der Waals surface area contributed by atoms with Crippen LogP contribution in [0.4, 0.5) is 5.69 Å². The molecule has 0 radical (unpaired) electrons. The highest BCUT2D eigenvalue weighted by molar-refractivity contribution is 5.96. The molecule has 12 heteroatoms. The first kappa shape index (κ1) is 35.0. The van der Waals surface area contributed by atoms with Crippen LogP contribution >= 0.6 is 0 Å². The van der Waals surface area contributed by atoms with E-state index in [0.717, 1.165) is 55.7 Å². The normalized spacial score (nSPS) is 14.9. The lowest BCUT2D eigenvalue weighted by Crippen LogP contribution is -2.40. The highest BCUT2D eigenvalue weighted by atomic mass is 16.4. The number of aryl methyl sites for hydroxylation is 3. The summed E-state index contributed by atoms with van der Waals surface area (Å²) in [4.78, 5) is 55.5. The van der Waals surface area contributed by atoms with E-state index in [1.807, 2.05) is 0 Å². The largest absolute Gasteiger partial charge is 0.478 e. The molecule has 1 fully saturated rings. The average Bonchev–Trinajstić information content (AvgIpc) is 3.28. The zero-order valence-electron chi connectivity index (χ0n) is 23.0. The molecule has 1 heterocycles. The lowest BCUT2D eigenvalue weighted by molar-refractivity contribution is -0.134. The van der Waals surface area contributed by atoms with Crippen molar-refractivity contribution < 1.29 is 44.4 Å². The summed E-state index contributed by atoms with van der Waals surface area (Å²) in [5, 5.41) is 34.4. The average molecular weight is 550 g/mol. The van der Waals surface area contributed by atoms with Gasteiger partial charge in [-0.3, -0.25) is 9.69 Å². The van der Waals surface area contributed by atoms with Gasteiger partial charge in [-0.15, -0.1) is 0 Å². The van der Waals surface area contributed by atoms with E-state index in [2.05, 4.69) is 62.1 Å². The Kier molecular flexibility index (Phi) is 16.4. The molecule has 0 saturated carbocycles. The molecule has 1 saturated heterocycles. The number of carbonyl (C=O) groups excluding carboxylic acids is 1. The van der Waals surface area contributed by atoms with Crippen molar-refractivity contribution in [2.75, 3.05) is 39.0 Å². The third kappa shape index (κ3) is 16.4. The monoisotopic (exact) mass is 549 g/mol. The fraction of sp³-hybridized carbons (Fsp3) is 0.444. The van der Waals surface area contributed by atoms with Crippen molar-refractivity contribution in [1.29, 1.82) is 0 Å². The van der Waals surface area contributed by atoms with Gasteiger partial charge in [-0.25, -0.2) is 19.2 Å². The number of hydrogen-bond acceptors (Lipinski definition) is 7. The number of carboxylic acid groups (broad SMARTS) is 4. The van der Waals surface area contributed by atoms with E-state index in [-0.39, 0.29) is 11.9 Å². The van der Waals surface area contributed by atoms with Gasteiger partial charge in [-0.1, -0.05) is 17.7 Å². The van der Waals surface area contributed by atoms with Gasteiger partial charge in [0.2, 0.25) is 5.91 Å². The second kappa shape index (κ2) is 18.3. The number of nitrogens with zero attached hydrogens (tertiary/aromatic N) is 2. The number of carboxylic acids is 4. The molecule has 0 bridgehead atoms. The number of benzene rings is 1. The van der Waals surface area contributed by atoms with E-state index in [9.17, 15) is 24.0 Å². The van der Waals surface area contributed by atoms with Crippen molar-refractivity contribution in [3.63, 3.8) is 0 Å². The van der Waals surface area contributed by atoms with Crippen LogP contribution in [0.15, 0.2) is 36.4 Å². The van der Waals surface area contributed by atoms with Crippen LogP contribution in [0.3, 0.4) is 0 Å². The fourth-order valence-corrected chi connectivity index (χ4v) is 3.85. The summed E-state index contributed by atoms with van der Waals surface area (Å²) in [6, 6.07) is 4.29. The molecule has 2 rings (SSSR count). The van der Waals surface area contributed by atoms with Crippen LogP contribution in [-0.4, -0.2) is 99.8 Å². The summed E-state index contributed by atoms with van der Waals surface area (Å²) < 4.78 is 0. The number of carbonyl (C=O) groups is 5. The molecule has 12 nitrogen and oxygen atoms in total. The minimum atomic E-state index is -1.26. The fourth-order valence-electron chi connectivity index (χ4n) is 3.85. The van der Waals surface area contributed by atoms with Crippen molar-refractivity contribution in [2.24, 2.45) is 0 Å². The van der Waals surface area contributed by atoms with Gasteiger partial charge >= 0.3 is 23.9 Å². The van der Waals surface area contributed by atoms with Gasteiger partial charge < -0.3 is 30.6 Å². The number of hydrogen-bond donors (Lipinski definition) is 5. The number of amides is 1. The van der Waals surface area contributed by atoms with Crippen LogP contribution in [0.5, 0.6) is 0 Å². The molecule has 0 aromatic heterocycles. The summed E-state index contributed by atoms with van der Waals surface area (Å²) in [6.45, 7) is 9.34. The number of aliphatic carboxylic acids is 4. The Labute approximate surface area is 228 Å². The highest BCUT2D eigenvalue weighted by Gasteiger charge is 2.30. The molecule has 1 aromatic rings. The maximum Gasteiger partial charge on any atom is 0.328 e. The minimum Gasteiger partial charge on any atom is -0.478 e. The molecule has 216 valence electrons. The van der Waals surface area contributed by atoms with Gasteiger partial charge in [0.05, 0.1) is 6.04 Å². The van der Waals surface area contributed by atoms with Crippen molar-refractivity contribution in [3.8, 4) is 0 Å². The van der Waals surface area contributed by atoms with Crippen LogP contribution in [-0.2, 0) is 24.0 Å². The summed E-state index contributed by atoms with van der Waals surface area (Å²) in [5.41, 5.74) is 4.52. The molecule has 5 N–H and O–H groups in total. The molecule has 1 aromatic carbocycles. The zero-order valence-corrected chi connectivity index (χ0v) is 23.0. The lowest BCUT2D eigenvalue weighted by atomic mass is 10.0. The lowest BCUT2D eigenvalue weighted by Gasteiger charge is -2.25. The van der Waals surface area contributed by atoms with Crippen molar-refractivity contribution >= 4 is 35.5 Å². The Hall–Kier alpha value is -4.03. The van der Waals surface area contributed by atoms with Gasteiger partial charge in [0.15, 0.2) is 0 Å². The maximum absolute atomic E-state index is 12.7. The number of nitrogens with one attached hydrogen (secondary N) is 1. The zero-order chi connectivity index (χ0) is 30.1. The predicted octanol–water partition coefficient (Wildman–Crippen LogP) is 2.39. The Morgan fingerprint density at radius 1 is 0.872 bits per heavy atom. The molecule has 39 heavy (non-hydrogen) atoms. The first-order chi connectivity index (χ1) is 18.1. The topological polar surface area (TPSA) is 185 Å². The van der Waals surface area contributed by atoms with E-state index >= 15 is 0 Å². The molecule has 1 unspecified atom stereocenters. The molecule has 1 aliphatic rings. The number of rotatable bonds is 10. The van der Waals surface area contributed by atoms with Crippen molar-refractivity contribution in [2.45, 2.75) is 46.1 Å². The SMILES string of the molecule is Cc1cc(C)c(NC(=O)C2CCCN2CCCN(C)C)c(C)c1.O=C(O)/C=C/C(=O)O.O=C(O)/C=C/C(=O)O. The van der Waals surface area contributed by atoms with E-state index in [0.29, 0.717) is 24.3 Å². The van der Waals surface area contributed by atoms with Crippen LogP contribution in [0.25, 0.3) is 0 Å². The molecule has 0 aliphatic carbocycles. The second-order valence-corrected chi connectivity index (χ2v) is 9.13. The Morgan fingerprint density at radius 3 is 1.69 bits per heavy atom. The molecular weight excluding hydrogens is 510 g/mol. The summed E-state index contributed by atoms with van der Waals surface area (Å²) >= 11 is 0. The first-order valence-electron chi connectivity index (χ1n) is 12.2. The number of likely N-dealkylation sites (tertiary alicyclic amines) is 1. The van der Waals surface area contributed by atoms with Crippen LogP contribution in [0.2, 0.25) is 0 Å². The van der Waals surface area contributed by atoms with Crippen molar-refractivity contribution in [3.05, 3.63) is 53.1 Å². The van der Waals surface area contributed by atoms with Gasteiger partial charge in [0.1, 0.15) is 0 Å². The summed E-state index contributed by atoms with van der Waals surface area (Å²) in [6.07, 6.45) is 5.43. The second-order valence-electron chi connectivity index (χ2n) is 9.13. The predicted molar refractivity (Wildman–Crippen MR) is 146 cm³/mol. The standard InChI is InChI=1S/C19H31N3O.2C4H4O4/c1-14-12-15(2)18(16(3)13-14)20-19(23)17-8-6-10-22(17)11-7-9-21(4)5;2*5-3(6)1-2-4(7)8/h12-13,17H,6-11H2,1-5H3,(H,20,23);2*1-2H,(H,5,6)(H,7,8)/b;2*2-1+. The van der Waals surface area contributed by atoms with Crippen molar-refractivity contribution in [1.82, 2.24) is 9.80 Å². The molecular formula is C27H39N3O9. The Balaban J connectivity index is 0.000000742. The van der Waals surface area contributed by atoms with Crippen LogP contribution in [0.1, 0.15) is 36.0 Å². The van der Waals surface area contributed by atoms with Gasteiger partial charge in [0, 0.05) is 36.5 Å². The summed E-state index contributed by atoms with van der Waals surface area (Å²) in [7, 11) is 4.19. The van der Waals surface area contributed by atoms with Gasteiger partial charge in [0.25, 0.3) is 0 Å². The maximum atomic E-state index is 12.7. The molecule has 1 amide bonds. The Bertz CT molecular complexity index is 976. The van der Waals surface area contributed by atoms with E-state index in [1.54, 1.807) is 0 Å². The highest BCUT2D eigenvalue weighted by Crippen LogP contribution is 2.24. The van der Waals surface area contributed by atoms with Crippen LogP contribution < -0.4 is 5.32 Å². The van der Waals surface area contributed by atoms with E-state index in [4.69, 9.17) is 20.4 Å². The third-order valence-electron chi connectivity index (χ3n) is 5.38.